The molecule has 1 fully saturated rings. The highest BCUT2D eigenvalue weighted by Gasteiger charge is 2.44. The first-order valence-electron chi connectivity index (χ1n) is 5.28. The molecule has 4 heteroatoms. The first kappa shape index (κ1) is 10.9. The highest BCUT2D eigenvalue weighted by Crippen LogP contribution is 2.48. The van der Waals surface area contributed by atoms with E-state index in [1.807, 2.05) is 0 Å². The van der Waals surface area contributed by atoms with Crippen LogP contribution in [-0.2, 0) is 4.79 Å². The Morgan fingerprint density at radius 1 is 1.62 bits per heavy atom. The molecule has 1 aliphatic carbocycles. The standard InChI is InChI=1S/C12H13FO3/c1-2-16-11-4-3-7(5-10(11)13)8-6-9(8)12(14)15/h3-5,8-9H,2,6H2,1H3,(H,14,15)/t8-,9+/m0/s1. The van der Waals surface area contributed by atoms with E-state index in [0.717, 1.165) is 5.56 Å². The first-order chi connectivity index (χ1) is 7.63. The van der Waals surface area contributed by atoms with Gasteiger partial charge in [0.2, 0.25) is 0 Å². The van der Waals surface area contributed by atoms with E-state index in [-0.39, 0.29) is 17.6 Å². The Kier molecular flexibility index (Phi) is 2.81. The van der Waals surface area contributed by atoms with Crippen LogP contribution >= 0.6 is 0 Å². The third-order valence-electron chi connectivity index (χ3n) is 2.79. The van der Waals surface area contributed by atoms with Gasteiger partial charge in [-0.2, -0.15) is 0 Å². The number of hydrogen-bond acceptors (Lipinski definition) is 2. The van der Waals surface area contributed by atoms with Crippen LogP contribution in [0.25, 0.3) is 0 Å². The number of aliphatic carboxylic acids is 1. The fourth-order valence-electron chi connectivity index (χ4n) is 1.86. The molecule has 0 bridgehead atoms. The van der Waals surface area contributed by atoms with Crippen molar-refractivity contribution in [2.24, 2.45) is 5.92 Å². The quantitative estimate of drug-likeness (QED) is 0.854. The summed E-state index contributed by atoms with van der Waals surface area (Å²) in [6, 6.07) is 4.67. The average molecular weight is 224 g/mol. The second-order valence-corrected chi connectivity index (χ2v) is 3.91. The van der Waals surface area contributed by atoms with Crippen molar-refractivity contribution in [2.75, 3.05) is 6.61 Å². The van der Waals surface area contributed by atoms with Gasteiger partial charge in [-0.25, -0.2) is 4.39 Å². The smallest absolute Gasteiger partial charge is 0.307 e. The molecule has 1 aromatic rings. The van der Waals surface area contributed by atoms with E-state index >= 15 is 0 Å². The summed E-state index contributed by atoms with van der Waals surface area (Å²) in [5, 5.41) is 8.77. The average Bonchev–Trinajstić information content (AvgIpc) is 3.01. The van der Waals surface area contributed by atoms with Crippen LogP contribution < -0.4 is 4.74 Å². The molecule has 1 aromatic carbocycles. The third kappa shape index (κ3) is 2.01. The largest absolute Gasteiger partial charge is 0.491 e. The fraction of sp³-hybridized carbons (Fsp3) is 0.417. The zero-order valence-electron chi connectivity index (χ0n) is 8.94. The van der Waals surface area contributed by atoms with Crippen molar-refractivity contribution in [3.05, 3.63) is 29.6 Å². The van der Waals surface area contributed by atoms with Gasteiger partial charge in [0.25, 0.3) is 0 Å². The second-order valence-electron chi connectivity index (χ2n) is 3.91. The van der Waals surface area contributed by atoms with E-state index in [1.54, 1.807) is 19.1 Å². The maximum absolute atomic E-state index is 13.5. The van der Waals surface area contributed by atoms with Crippen LogP contribution in [0.2, 0.25) is 0 Å². The minimum atomic E-state index is -0.806. The van der Waals surface area contributed by atoms with Crippen molar-refractivity contribution < 1.29 is 19.0 Å². The summed E-state index contributed by atoms with van der Waals surface area (Å²) in [5.41, 5.74) is 0.744. The molecule has 2 atom stereocenters. The summed E-state index contributed by atoms with van der Waals surface area (Å²) in [6.07, 6.45) is 0.600. The van der Waals surface area contributed by atoms with Gasteiger partial charge in [0, 0.05) is 0 Å². The Morgan fingerprint density at radius 2 is 2.38 bits per heavy atom. The molecule has 0 spiro atoms. The molecule has 3 nitrogen and oxygen atoms in total. The van der Waals surface area contributed by atoms with E-state index in [2.05, 4.69) is 0 Å². The summed E-state index contributed by atoms with van der Waals surface area (Å²) in [4.78, 5) is 10.7. The summed E-state index contributed by atoms with van der Waals surface area (Å²) >= 11 is 0. The molecule has 0 unspecified atom stereocenters. The van der Waals surface area contributed by atoms with Gasteiger partial charge in [-0.1, -0.05) is 6.07 Å². The molecule has 2 rings (SSSR count). The zero-order valence-corrected chi connectivity index (χ0v) is 8.94. The van der Waals surface area contributed by atoms with E-state index in [4.69, 9.17) is 9.84 Å². The molecule has 0 aliphatic heterocycles. The van der Waals surface area contributed by atoms with Crippen molar-refractivity contribution >= 4 is 5.97 Å². The van der Waals surface area contributed by atoms with Crippen molar-refractivity contribution in [3.63, 3.8) is 0 Å². The second kappa shape index (κ2) is 4.12. The Morgan fingerprint density at radius 3 is 2.88 bits per heavy atom. The van der Waals surface area contributed by atoms with Gasteiger partial charge in [-0.05, 0) is 37.0 Å². The lowest BCUT2D eigenvalue weighted by Crippen LogP contribution is -2.00. The molecule has 86 valence electrons. The van der Waals surface area contributed by atoms with Gasteiger partial charge in [0.05, 0.1) is 12.5 Å². The molecule has 0 amide bonds. The lowest BCUT2D eigenvalue weighted by Gasteiger charge is -2.06. The van der Waals surface area contributed by atoms with Crippen molar-refractivity contribution in [1.29, 1.82) is 0 Å². The van der Waals surface area contributed by atoms with Gasteiger partial charge in [0.15, 0.2) is 11.6 Å². The number of ether oxygens (including phenoxy) is 1. The lowest BCUT2D eigenvalue weighted by atomic mass is 10.1. The molecule has 16 heavy (non-hydrogen) atoms. The molecular weight excluding hydrogens is 211 g/mol. The molecule has 1 saturated carbocycles. The van der Waals surface area contributed by atoms with Crippen LogP contribution in [0.5, 0.6) is 5.75 Å². The van der Waals surface area contributed by atoms with Crippen LogP contribution in [0.3, 0.4) is 0 Å². The minimum Gasteiger partial charge on any atom is -0.491 e. The van der Waals surface area contributed by atoms with Crippen molar-refractivity contribution in [2.45, 2.75) is 19.3 Å². The molecule has 0 radical (unpaired) electrons. The third-order valence-corrected chi connectivity index (χ3v) is 2.79. The van der Waals surface area contributed by atoms with E-state index in [9.17, 15) is 9.18 Å². The monoisotopic (exact) mass is 224 g/mol. The lowest BCUT2D eigenvalue weighted by molar-refractivity contribution is -0.138. The topological polar surface area (TPSA) is 46.5 Å². The molecule has 1 N–H and O–H groups in total. The number of halogens is 1. The highest BCUT2D eigenvalue weighted by molar-refractivity contribution is 5.75. The van der Waals surface area contributed by atoms with Crippen LogP contribution in [0, 0.1) is 11.7 Å². The Labute approximate surface area is 92.9 Å². The van der Waals surface area contributed by atoms with Crippen LogP contribution in [0.1, 0.15) is 24.8 Å². The molecule has 1 aliphatic rings. The number of hydrogen-bond donors (Lipinski definition) is 1. The number of carbonyl (C=O) groups is 1. The predicted octanol–water partition coefficient (Wildman–Crippen LogP) is 2.41. The molecule has 0 heterocycles. The Bertz CT molecular complexity index is 417. The van der Waals surface area contributed by atoms with Gasteiger partial charge in [-0.3, -0.25) is 4.79 Å². The van der Waals surface area contributed by atoms with Gasteiger partial charge >= 0.3 is 5.97 Å². The number of rotatable bonds is 4. The number of carboxylic acid groups (broad SMARTS) is 1. The molecular formula is C12H13FO3. The normalized spacial score (nSPS) is 22.9. The summed E-state index contributed by atoms with van der Waals surface area (Å²) < 4.78 is 18.6. The first-order valence-corrected chi connectivity index (χ1v) is 5.28. The highest BCUT2D eigenvalue weighted by atomic mass is 19.1. The van der Waals surface area contributed by atoms with Crippen molar-refractivity contribution in [3.8, 4) is 5.75 Å². The van der Waals surface area contributed by atoms with Gasteiger partial charge < -0.3 is 9.84 Å². The SMILES string of the molecule is CCOc1ccc([C@@H]2C[C@H]2C(=O)O)cc1F. The summed E-state index contributed by atoms with van der Waals surface area (Å²) in [5.74, 6) is -1.39. The van der Waals surface area contributed by atoms with Gasteiger partial charge in [0.1, 0.15) is 0 Å². The summed E-state index contributed by atoms with van der Waals surface area (Å²) in [6.45, 7) is 2.20. The zero-order chi connectivity index (χ0) is 11.7. The minimum absolute atomic E-state index is 0.0392. The summed E-state index contributed by atoms with van der Waals surface area (Å²) in [7, 11) is 0. The van der Waals surface area contributed by atoms with E-state index < -0.39 is 11.8 Å². The van der Waals surface area contributed by atoms with E-state index in [1.165, 1.54) is 6.07 Å². The maximum atomic E-state index is 13.5. The van der Waals surface area contributed by atoms with Crippen LogP contribution in [0.15, 0.2) is 18.2 Å². The van der Waals surface area contributed by atoms with Gasteiger partial charge in [-0.15, -0.1) is 0 Å². The van der Waals surface area contributed by atoms with Crippen LogP contribution in [0.4, 0.5) is 4.39 Å². The Balaban J connectivity index is 2.13. The molecule has 0 aromatic heterocycles. The fourth-order valence-corrected chi connectivity index (χ4v) is 1.86. The number of benzene rings is 1. The predicted molar refractivity (Wildman–Crippen MR) is 56.1 cm³/mol. The van der Waals surface area contributed by atoms with Crippen molar-refractivity contribution in [1.82, 2.24) is 0 Å². The number of carboxylic acids is 1. The van der Waals surface area contributed by atoms with Crippen LogP contribution in [-0.4, -0.2) is 17.7 Å². The maximum Gasteiger partial charge on any atom is 0.307 e. The van der Waals surface area contributed by atoms with E-state index in [0.29, 0.717) is 13.0 Å². The Hall–Kier alpha value is -1.58. The molecule has 0 saturated heterocycles.